The van der Waals surface area contributed by atoms with E-state index in [1.54, 1.807) is 43.5 Å². The summed E-state index contributed by atoms with van der Waals surface area (Å²) in [4.78, 5) is 23.6. The van der Waals surface area contributed by atoms with E-state index >= 15 is 0 Å². The number of aryl methyl sites for hydroxylation is 1. The van der Waals surface area contributed by atoms with Crippen molar-refractivity contribution in [1.29, 1.82) is 0 Å². The van der Waals surface area contributed by atoms with Gasteiger partial charge >= 0.3 is 0 Å². The van der Waals surface area contributed by atoms with Gasteiger partial charge in [-0.1, -0.05) is 12.1 Å². The van der Waals surface area contributed by atoms with E-state index in [1.807, 2.05) is 13.0 Å². The molecule has 0 unspecified atom stereocenters. The van der Waals surface area contributed by atoms with Crippen LogP contribution in [0.1, 0.15) is 22.8 Å². The average Bonchev–Trinajstić information content (AvgIpc) is 2.53. The molecule has 5 nitrogen and oxygen atoms in total. The Morgan fingerprint density at radius 1 is 1.13 bits per heavy atom. The van der Waals surface area contributed by atoms with Crippen LogP contribution in [-0.4, -0.2) is 25.4 Å². The summed E-state index contributed by atoms with van der Waals surface area (Å²) < 4.78 is 10.6. The molecule has 2 aromatic carbocycles. The van der Waals surface area contributed by atoms with Crippen LogP contribution in [-0.2, 0) is 4.79 Å². The van der Waals surface area contributed by atoms with Crippen molar-refractivity contribution in [3.05, 3.63) is 53.6 Å². The number of nitrogens with one attached hydrogen (secondary N) is 1. The number of amides is 1. The Balaban J connectivity index is 2.02. The maximum atomic E-state index is 12.0. The number of methoxy groups -OCH3 is 1. The molecule has 0 saturated carbocycles. The maximum Gasteiger partial charge on any atom is 0.262 e. The normalized spacial score (nSPS) is 10.0. The zero-order valence-electron chi connectivity index (χ0n) is 13.4. The monoisotopic (exact) mass is 313 g/mol. The summed E-state index contributed by atoms with van der Waals surface area (Å²) in [5.41, 5.74) is 2.04. The number of carbonyl (C=O) groups excluding carboxylic acids is 2. The molecule has 0 saturated heterocycles. The maximum absolute atomic E-state index is 12.0. The van der Waals surface area contributed by atoms with Gasteiger partial charge in [0, 0.05) is 11.8 Å². The molecule has 1 amide bonds. The summed E-state index contributed by atoms with van der Waals surface area (Å²) in [6, 6.07) is 12.3. The van der Waals surface area contributed by atoms with Gasteiger partial charge in [0.15, 0.2) is 12.4 Å². The van der Waals surface area contributed by atoms with Gasteiger partial charge in [-0.3, -0.25) is 9.59 Å². The summed E-state index contributed by atoms with van der Waals surface area (Å²) >= 11 is 0. The van der Waals surface area contributed by atoms with Crippen LogP contribution >= 0.6 is 0 Å². The quantitative estimate of drug-likeness (QED) is 0.832. The number of ketones is 1. The van der Waals surface area contributed by atoms with Gasteiger partial charge in [-0.05, 0) is 43.7 Å². The average molecular weight is 313 g/mol. The van der Waals surface area contributed by atoms with Crippen LogP contribution in [0.2, 0.25) is 0 Å². The molecule has 0 spiro atoms. The molecule has 2 aromatic rings. The minimum Gasteiger partial charge on any atom is -0.497 e. The first-order chi connectivity index (χ1) is 11.0. The second-order valence-corrected chi connectivity index (χ2v) is 5.12. The molecule has 0 aromatic heterocycles. The van der Waals surface area contributed by atoms with Gasteiger partial charge in [0.05, 0.1) is 12.7 Å². The highest BCUT2D eigenvalue weighted by Crippen LogP contribution is 2.21. The van der Waals surface area contributed by atoms with Crippen molar-refractivity contribution in [1.82, 2.24) is 0 Å². The highest BCUT2D eigenvalue weighted by molar-refractivity contribution is 5.97. The fourth-order valence-corrected chi connectivity index (χ4v) is 2.08. The summed E-state index contributed by atoms with van der Waals surface area (Å²) in [5, 5.41) is 2.72. The molecule has 0 fully saturated rings. The number of hydrogen-bond donors (Lipinski definition) is 1. The number of anilines is 1. The predicted octanol–water partition coefficient (Wildman–Crippen LogP) is 3.22. The smallest absolute Gasteiger partial charge is 0.262 e. The van der Waals surface area contributed by atoms with E-state index in [2.05, 4.69) is 5.32 Å². The van der Waals surface area contributed by atoms with E-state index in [4.69, 9.17) is 9.47 Å². The standard InChI is InChI=1S/C18H19NO4/c1-12-7-8-16(13(2)20)17(9-12)23-11-18(21)19-14-5-4-6-15(10-14)22-3/h4-10H,11H2,1-3H3,(H,19,21). The van der Waals surface area contributed by atoms with Gasteiger partial charge in [0.25, 0.3) is 5.91 Å². The van der Waals surface area contributed by atoms with Crippen LogP contribution in [0.25, 0.3) is 0 Å². The molecule has 0 heterocycles. The van der Waals surface area contributed by atoms with Gasteiger partial charge in [0.1, 0.15) is 11.5 Å². The molecule has 120 valence electrons. The van der Waals surface area contributed by atoms with Gasteiger partial charge in [-0.25, -0.2) is 0 Å². The summed E-state index contributed by atoms with van der Waals surface area (Å²) in [5.74, 6) is 0.655. The Bertz CT molecular complexity index is 725. The molecule has 1 N–H and O–H groups in total. The highest BCUT2D eigenvalue weighted by Gasteiger charge is 2.11. The summed E-state index contributed by atoms with van der Waals surface area (Å²) in [6.45, 7) is 3.18. The largest absolute Gasteiger partial charge is 0.497 e. The molecule has 2 rings (SSSR count). The minimum atomic E-state index is -0.311. The molecule has 0 atom stereocenters. The van der Waals surface area contributed by atoms with E-state index in [-0.39, 0.29) is 18.3 Å². The number of rotatable bonds is 6. The Hall–Kier alpha value is -2.82. The van der Waals surface area contributed by atoms with Crippen molar-refractivity contribution >= 4 is 17.4 Å². The first-order valence-corrected chi connectivity index (χ1v) is 7.18. The lowest BCUT2D eigenvalue weighted by Gasteiger charge is -2.11. The number of benzene rings is 2. The minimum absolute atomic E-state index is 0.104. The van der Waals surface area contributed by atoms with Gasteiger partial charge in [-0.15, -0.1) is 0 Å². The van der Waals surface area contributed by atoms with Crippen molar-refractivity contribution in [2.75, 3.05) is 19.0 Å². The third-order valence-corrected chi connectivity index (χ3v) is 3.23. The lowest BCUT2D eigenvalue weighted by Crippen LogP contribution is -2.20. The van der Waals surface area contributed by atoms with Gasteiger partial charge in [0.2, 0.25) is 0 Å². The predicted molar refractivity (Wildman–Crippen MR) is 88.3 cm³/mol. The van der Waals surface area contributed by atoms with Gasteiger partial charge < -0.3 is 14.8 Å². The molecule has 0 bridgehead atoms. The van der Waals surface area contributed by atoms with Crippen molar-refractivity contribution in [3.63, 3.8) is 0 Å². The Morgan fingerprint density at radius 3 is 2.61 bits per heavy atom. The zero-order chi connectivity index (χ0) is 16.8. The van der Waals surface area contributed by atoms with E-state index in [9.17, 15) is 9.59 Å². The van der Waals surface area contributed by atoms with Crippen LogP contribution < -0.4 is 14.8 Å². The van der Waals surface area contributed by atoms with Crippen molar-refractivity contribution in [3.8, 4) is 11.5 Å². The van der Waals surface area contributed by atoms with Crippen LogP contribution in [0.5, 0.6) is 11.5 Å². The summed E-state index contributed by atoms with van der Waals surface area (Å²) in [7, 11) is 1.56. The lowest BCUT2D eigenvalue weighted by atomic mass is 10.1. The van der Waals surface area contributed by atoms with Crippen LogP contribution in [0.15, 0.2) is 42.5 Å². The number of hydrogen-bond acceptors (Lipinski definition) is 4. The fourth-order valence-electron chi connectivity index (χ4n) is 2.08. The molecular formula is C18H19NO4. The topological polar surface area (TPSA) is 64.6 Å². The van der Waals surface area contributed by atoms with E-state index in [1.165, 1.54) is 6.92 Å². The molecule has 0 aliphatic heterocycles. The van der Waals surface area contributed by atoms with Crippen LogP contribution in [0.4, 0.5) is 5.69 Å². The SMILES string of the molecule is COc1cccc(NC(=O)COc2cc(C)ccc2C(C)=O)c1. The Morgan fingerprint density at radius 2 is 1.91 bits per heavy atom. The van der Waals surface area contributed by atoms with Crippen LogP contribution in [0, 0.1) is 6.92 Å². The number of carbonyl (C=O) groups is 2. The molecule has 0 aliphatic carbocycles. The summed E-state index contributed by atoms with van der Waals surface area (Å²) in [6.07, 6.45) is 0. The first kappa shape index (κ1) is 16.5. The number of ether oxygens (including phenoxy) is 2. The third-order valence-electron chi connectivity index (χ3n) is 3.23. The first-order valence-electron chi connectivity index (χ1n) is 7.18. The Labute approximate surface area is 135 Å². The van der Waals surface area contributed by atoms with Gasteiger partial charge in [-0.2, -0.15) is 0 Å². The second kappa shape index (κ2) is 7.45. The highest BCUT2D eigenvalue weighted by atomic mass is 16.5. The Kier molecular flexibility index (Phi) is 5.36. The lowest BCUT2D eigenvalue weighted by molar-refractivity contribution is -0.118. The molecule has 23 heavy (non-hydrogen) atoms. The second-order valence-electron chi connectivity index (χ2n) is 5.12. The number of Topliss-reactive ketones (excluding diaryl/α,β-unsaturated/α-hetero) is 1. The van der Waals surface area contributed by atoms with E-state index in [0.29, 0.717) is 22.7 Å². The zero-order valence-corrected chi connectivity index (χ0v) is 13.4. The van der Waals surface area contributed by atoms with E-state index in [0.717, 1.165) is 5.56 Å². The molecular weight excluding hydrogens is 294 g/mol. The molecule has 0 aliphatic rings. The molecule has 0 radical (unpaired) electrons. The van der Waals surface area contributed by atoms with Crippen molar-refractivity contribution in [2.24, 2.45) is 0 Å². The van der Waals surface area contributed by atoms with E-state index < -0.39 is 0 Å². The van der Waals surface area contributed by atoms with Crippen molar-refractivity contribution in [2.45, 2.75) is 13.8 Å². The van der Waals surface area contributed by atoms with Crippen molar-refractivity contribution < 1.29 is 19.1 Å². The molecule has 5 heteroatoms. The third kappa shape index (κ3) is 4.57. The van der Waals surface area contributed by atoms with Crippen LogP contribution in [0.3, 0.4) is 0 Å². The fraction of sp³-hybridized carbons (Fsp3) is 0.222.